The number of allylic oxidation sites excluding steroid dienone is 4. The molecule has 0 heteroatoms. The molecule has 0 rings (SSSR count). The Morgan fingerprint density at radius 1 is 0.667 bits per heavy atom. The lowest BCUT2D eigenvalue weighted by molar-refractivity contribution is 1.50. The first-order valence-electron chi connectivity index (χ1n) is 7.23. The van der Waals surface area contributed by atoms with Gasteiger partial charge in [0.1, 0.15) is 0 Å². The highest BCUT2D eigenvalue weighted by Gasteiger charge is 1.68. The fourth-order valence-corrected chi connectivity index (χ4v) is 0.254. The molecule has 0 saturated carbocycles. The Hall–Kier alpha value is -0.780. The summed E-state index contributed by atoms with van der Waals surface area (Å²) >= 11 is 0. The van der Waals surface area contributed by atoms with Crippen LogP contribution < -0.4 is 0 Å². The molecule has 0 fully saturated rings. The number of hydrogen-bond acceptors (Lipinski definition) is 0. The standard InChI is InChI=1S/C7H10.5C2H6.CH4/c1-4-6-7(3)5-2;5*1-2;/h4-6H,1-2H2,3H3;5*1-2H3;1H4/b7-6-;;;;;;. The molecule has 18 heavy (non-hydrogen) atoms. The van der Waals surface area contributed by atoms with E-state index in [9.17, 15) is 0 Å². The molecule has 0 spiro atoms. The molecule has 0 aromatic carbocycles. The molecule has 116 valence electrons. The van der Waals surface area contributed by atoms with Gasteiger partial charge in [0, 0.05) is 0 Å². The minimum atomic E-state index is 0. The molecule has 0 saturated heterocycles. The van der Waals surface area contributed by atoms with Crippen molar-refractivity contribution in [2.24, 2.45) is 0 Å². The van der Waals surface area contributed by atoms with Gasteiger partial charge in [-0.3, -0.25) is 0 Å². The maximum Gasteiger partial charge on any atom is -0.0398 e. The lowest BCUT2D eigenvalue weighted by Crippen LogP contribution is -1.58. The summed E-state index contributed by atoms with van der Waals surface area (Å²) in [5.41, 5.74) is 1.15. The Bertz CT molecular complexity index is 96.6. The summed E-state index contributed by atoms with van der Waals surface area (Å²) in [6, 6.07) is 0. The van der Waals surface area contributed by atoms with E-state index in [0.717, 1.165) is 5.57 Å². The molecule has 0 bridgehead atoms. The average molecular weight is 261 g/mol. The fraction of sp³-hybridized carbons (Fsp3) is 0.667. The zero-order valence-electron chi connectivity index (χ0n) is 14.6. The van der Waals surface area contributed by atoms with Gasteiger partial charge in [-0.2, -0.15) is 0 Å². The molecule has 0 aliphatic rings. The zero-order valence-corrected chi connectivity index (χ0v) is 14.6. The van der Waals surface area contributed by atoms with Crippen LogP contribution in [-0.4, -0.2) is 0 Å². The molecular weight excluding hydrogens is 216 g/mol. The predicted octanol–water partition coefficient (Wildman–Crippen LogP) is 8.07. The van der Waals surface area contributed by atoms with Crippen LogP contribution in [0.3, 0.4) is 0 Å². The lowest BCUT2D eigenvalue weighted by atomic mass is 10.3. The van der Waals surface area contributed by atoms with Crippen molar-refractivity contribution in [3.05, 3.63) is 37.0 Å². The van der Waals surface area contributed by atoms with E-state index >= 15 is 0 Å². The van der Waals surface area contributed by atoms with Crippen molar-refractivity contribution in [1.29, 1.82) is 0 Å². The van der Waals surface area contributed by atoms with Crippen molar-refractivity contribution in [3.8, 4) is 0 Å². The van der Waals surface area contributed by atoms with Crippen LogP contribution in [0.5, 0.6) is 0 Å². The second-order valence-corrected chi connectivity index (χ2v) is 1.35. The third kappa shape index (κ3) is 173. The molecule has 0 nitrogen and oxygen atoms in total. The van der Waals surface area contributed by atoms with Gasteiger partial charge in [-0.15, -0.1) is 0 Å². The van der Waals surface area contributed by atoms with Crippen LogP contribution in [0.15, 0.2) is 37.0 Å². The van der Waals surface area contributed by atoms with E-state index in [1.165, 1.54) is 0 Å². The van der Waals surface area contributed by atoms with Crippen molar-refractivity contribution in [2.45, 2.75) is 83.6 Å². The normalized spacial score (nSPS) is 5.83. The second-order valence-electron chi connectivity index (χ2n) is 1.35. The van der Waals surface area contributed by atoms with Crippen LogP contribution in [0, 0.1) is 0 Å². The monoisotopic (exact) mass is 260 g/mol. The van der Waals surface area contributed by atoms with Crippen LogP contribution in [0.25, 0.3) is 0 Å². The highest BCUT2D eigenvalue weighted by Crippen LogP contribution is 1.90. The van der Waals surface area contributed by atoms with Gasteiger partial charge in [0.2, 0.25) is 0 Å². The first kappa shape index (κ1) is 43.4. The van der Waals surface area contributed by atoms with Gasteiger partial charge < -0.3 is 0 Å². The van der Waals surface area contributed by atoms with E-state index in [1.807, 2.05) is 82.2 Å². The van der Waals surface area contributed by atoms with Crippen molar-refractivity contribution >= 4 is 0 Å². The van der Waals surface area contributed by atoms with Crippen LogP contribution in [-0.2, 0) is 0 Å². The maximum atomic E-state index is 3.56. The Balaban J connectivity index is -0.0000000189. The van der Waals surface area contributed by atoms with Crippen LogP contribution in [0.2, 0.25) is 0 Å². The van der Waals surface area contributed by atoms with Crippen molar-refractivity contribution in [2.75, 3.05) is 0 Å². The lowest BCUT2D eigenvalue weighted by Gasteiger charge is -1.80. The van der Waals surface area contributed by atoms with E-state index in [1.54, 1.807) is 12.2 Å². The molecule has 0 radical (unpaired) electrons. The fourth-order valence-electron chi connectivity index (χ4n) is 0.254. The SMILES string of the molecule is C.C=C/C=C(/C)C=C.CC.CC.CC.CC.CC. The molecule has 0 aliphatic carbocycles. The maximum absolute atomic E-state index is 3.56. The number of rotatable bonds is 2. The minimum absolute atomic E-state index is 0. The molecular formula is C18H44. The van der Waals surface area contributed by atoms with Gasteiger partial charge in [-0.05, 0) is 6.92 Å². The summed E-state index contributed by atoms with van der Waals surface area (Å²) in [6.07, 6.45) is 5.45. The molecule has 0 atom stereocenters. The molecule has 0 N–H and O–H groups in total. The summed E-state index contributed by atoms with van der Waals surface area (Å²) in [6.45, 7) is 29.1. The summed E-state index contributed by atoms with van der Waals surface area (Å²) in [4.78, 5) is 0. The molecule has 0 aromatic heterocycles. The highest BCUT2D eigenvalue weighted by atomic mass is 13.8. The molecule has 0 aliphatic heterocycles. The van der Waals surface area contributed by atoms with Crippen LogP contribution >= 0.6 is 0 Å². The van der Waals surface area contributed by atoms with E-state index in [0.29, 0.717) is 0 Å². The third-order valence-corrected chi connectivity index (χ3v) is 0.703. The molecule has 0 amide bonds. The van der Waals surface area contributed by atoms with Crippen molar-refractivity contribution < 1.29 is 0 Å². The van der Waals surface area contributed by atoms with E-state index < -0.39 is 0 Å². The Kier molecular flexibility index (Phi) is 332. The second kappa shape index (κ2) is 138. The molecule has 0 unspecified atom stereocenters. The van der Waals surface area contributed by atoms with E-state index in [2.05, 4.69) is 13.2 Å². The highest BCUT2D eigenvalue weighted by molar-refractivity contribution is 5.17. The molecule has 0 aromatic rings. The quantitative estimate of drug-likeness (QED) is 0.440. The van der Waals surface area contributed by atoms with Gasteiger partial charge in [-0.1, -0.05) is 114 Å². The Morgan fingerprint density at radius 2 is 0.889 bits per heavy atom. The van der Waals surface area contributed by atoms with Gasteiger partial charge in [0.05, 0.1) is 0 Å². The van der Waals surface area contributed by atoms with Gasteiger partial charge in [-0.25, -0.2) is 0 Å². The predicted molar refractivity (Wildman–Crippen MR) is 97.6 cm³/mol. The minimum Gasteiger partial charge on any atom is -0.0991 e. The van der Waals surface area contributed by atoms with E-state index in [4.69, 9.17) is 0 Å². The summed E-state index contributed by atoms with van der Waals surface area (Å²) in [5, 5.41) is 0. The van der Waals surface area contributed by atoms with Crippen molar-refractivity contribution in [1.82, 2.24) is 0 Å². The third-order valence-electron chi connectivity index (χ3n) is 0.703. The van der Waals surface area contributed by atoms with Gasteiger partial charge in [0.25, 0.3) is 0 Å². The molecule has 0 heterocycles. The van der Waals surface area contributed by atoms with Gasteiger partial charge >= 0.3 is 0 Å². The largest absolute Gasteiger partial charge is 0.0991 e. The average Bonchev–Trinajstić information content (AvgIpc) is 2.49. The first-order valence-corrected chi connectivity index (χ1v) is 7.23. The van der Waals surface area contributed by atoms with Crippen molar-refractivity contribution in [3.63, 3.8) is 0 Å². The smallest absolute Gasteiger partial charge is 0.0398 e. The summed E-state index contributed by atoms with van der Waals surface area (Å²) in [7, 11) is 0. The first-order chi connectivity index (χ1) is 8.31. The Morgan fingerprint density at radius 3 is 0.944 bits per heavy atom. The van der Waals surface area contributed by atoms with E-state index in [-0.39, 0.29) is 7.43 Å². The topological polar surface area (TPSA) is 0 Å². The van der Waals surface area contributed by atoms with Crippen LogP contribution in [0.1, 0.15) is 83.6 Å². The Labute approximate surface area is 121 Å². The van der Waals surface area contributed by atoms with Gasteiger partial charge in [0.15, 0.2) is 0 Å². The zero-order chi connectivity index (χ0) is 15.7. The van der Waals surface area contributed by atoms with Crippen LogP contribution in [0.4, 0.5) is 0 Å². The number of hydrogen-bond donors (Lipinski definition) is 0. The summed E-state index contributed by atoms with van der Waals surface area (Å²) < 4.78 is 0. The summed E-state index contributed by atoms with van der Waals surface area (Å²) in [5.74, 6) is 0.